The topological polar surface area (TPSA) is 67.8 Å². The first-order chi connectivity index (χ1) is 12.0. The molecule has 2 aromatic rings. The van der Waals surface area contributed by atoms with E-state index in [0.717, 1.165) is 24.3 Å². The third-order valence-corrected chi connectivity index (χ3v) is 3.72. The molecule has 1 unspecified atom stereocenters. The molecule has 134 valence electrons. The van der Waals surface area contributed by atoms with Crippen molar-refractivity contribution in [2.45, 2.75) is 26.0 Å². The fourth-order valence-electron chi connectivity index (χ4n) is 2.13. The molecule has 0 radical (unpaired) electrons. The second-order valence-corrected chi connectivity index (χ2v) is 6.01. The first-order valence-electron chi connectivity index (χ1n) is 8.12. The minimum atomic E-state index is -0.982. The highest BCUT2D eigenvalue weighted by Crippen LogP contribution is 2.16. The molecule has 2 rings (SSSR count). The molecule has 0 spiro atoms. The summed E-state index contributed by atoms with van der Waals surface area (Å²) in [5.74, 6) is 0.381. The summed E-state index contributed by atoms with van der Waals surface area (Å²) in [5.41, 5.74) is 1.04. The summed E-state index contributed by atoms with van der Waals surface area (Å²) in [7, 11) is 0. The minimum Gasteiger partial charge on any atom is -0.494 e. The van der Waals surface area contributed by atoms with Gasteiger partial charge in [-0.15, -0.1) is 0 Å². The second kappa shape index (κ2) is 9.91. The van der Waals surface area contributed by atoms with Gasteiger partial charge in [0.2, 0.25) is 0 Å². The monoisotopic (exact) mass is 363 g/mol. The van der Waals surface area contributed by atoms with E-state index in [1.165, 1.54) is 6.92 Å². The van der Waals surface area contributed by atoms with Crippen molar-refractivity contribution in [3.8, 4) is 11.5 Å². The predicted molar refractivity (Wildman–Crippen MR) is 97.4 cm³/mol. The van der Waals surface area contributed by atoms with Crippen LogP contribution in [0.3, 0.4) is 0 Å². The van der Waals surface area contributed by atoms with Gasteiger partial charge in [0.05, 0.1) is 6.61 Å². The molecule has 5 nitrogen and oxygen atoms in total. The van der Waals surface area contributed by atoms with Gasteiger partial charge in [0.25, 0.3) is 0 Å². The molecule has 0 aromatic heterocycles. The lowest BCUT2D eigenvalue weighted by molar-refractivity contribution is -0.144. The third-order valence-electron chi connectivity index (χ3n) is 3.47. The van der Waals surface area contributed by atoms with E-state index >= 15 is 0 Å². The maximum atomic E-state index is 10.8. The number of carbonyl (C=O) groups is 1. The van der Waals surface area contributed by atoms with Gasteiger partial charge in [-0.05, 0) is 61.9 Å². The molecule has 1 atom stereocenters. The molecule has 25 heavy (non-hydrogen) atoms. The number of carboxylic acid groups (broad SMARTS) is 1. The summed E-state index contributed by atoms with van der Waals surface area (Å²) in [4.78, 5) is 10.8. The van der Waals surface area contributed by atoms with Crippen LogP contribution in [0.2, 0.25) is 5.02 Å². The van der Waals surface area contributed by atoms with Gasteiger partial charge in [-0.3, -0.25) is 0 Å². The molecule has 6 heteroatoms. The average Bonchev–Trinajstić information content (AvgIpc) is 2.60. The van der Waals surface area contributed by atoms with Gasteiger partial charge in [-0.1, -0.05) is 23.7 Å². The van der Waals surface area contributed by atoms with Gasteiger partial charge in [-0.2, -0.15) is 0 Å². The maximum Gasteiger partial charge on any atom is 0.344 e. The number of halogens is 1. The predicted octanol–water partition coefficient (Wildman–Crippen LogP) is 3.75. The highest BCUT2D eigenvalue weighted by molar-refractivity contribution is 6.30. The molecular formula is C19H22ClNO4. The van der Waals surface area contributed by atoms with Crippen LogP contribution in [-0.4, -0.2) is 30.3 Å². The number of rotatable bonds is 10. The maximum absolute atomic E-state index is 10.8. The lowest BCUT2D eigenvalue weighted by atomic mass is 10.2. The van der Waals surface area contributed by atoms with Crippen molar-refractivity contribution < 1.29 is 19.4 Å². The van der Waals surface area contributed by atoms with Crippen molar-refractivity contribution in [1.82, 2.24) is 5.32 Å². The number of ether oxygens (including phenoxy) is 2. The summed E-state index contributed by atoms with van der Waals surface area (Å²) in [6.45, 7) is 3.62. The Morgan fingerprint density at radius 1 is 1.20 bits per heavy atom. The number of carboxylic acids is 1. The van der Waals surface area contributed by atoms with Crippen LogP contribution in [0.5, 0.6) is 11.5 Å². The zero-order valence-corrected chi connectivity index (χ0v) is 14.8. The van der Waals surface area contributed by atoms with Crippen LogP contribution in [0.4, 0.5) is 0 Å². The number of hydrogen-bond donors (Lipinski definition) is 2. The highest BCUT2D eigenvalue weighted by Gasteiger charge is 2.12. The zero-order chi connectivity index (χ0) is 18.1. The Bertz CT molecular complexity index is 675. The van der Waals surface area contributed by atoms with Crippen LogP contribution in [0.15, 0.2) is 48.5 Å². The fourth-order valence-corrected chi connectivity index (χ4v) is 2.26. The van der Waals surface area contributed by atoms with Crippen molar-refractivity contribution in [3.05, 3.63) is 59.1 Å². The van der Waals surface area contributed by atoms with Gasteiger partial charge in [-0.25, -0.2) is 4.79 Å². The van der Waals surface area contributed by atoms with E-state index in [-0.39, 0.29) is 0 Å². The van der Waals surface area contributed by atoms with E-state index in [0.29, 0.717) is 23.9 Å². The van der Waals surface area contributed by atoms with Crippen molar-refractivity contribution in [2.75, 3.05) is 13.2 Å². The molecule has 0 heterocycles. The normalized spacial score (nSPS) is 11.8. The van der Waals surface area contributed by atoms with Gasteiger partial charge in [0.1, 0.15) is 11.5 Å². The Morgan fingerprint density at radius 2 is 1.96 bits per heavy atom. The van der Waals surface area contributed by atoms with Crippen molar-refractivity contribution in [2.24, 2.45) is 0 Å². The van der Waals surface area contributed by atoms with Crippen LogP contribution in [0, 0.1) is 0 Å². The van der Waals surface area contributed by atoms with Crippen molar-refractivity contribution >= 4 is 17.6 Å². The van der Waals surface area contributed by atoms with E-state index in [1.54, 1.807) is 18.2 Å². The lowest BCUT2D eigenvalue weighted by Crippen LogP contribution is -2.23. The molecule has 0 saturated heterocycles. The lowest BCUT2D eigenvalue weighted by Gasteiger charge is -2.12. The van der Waals surface area contributed by atoms with E-state index in [9.17, 15) is 4.79 Å². The summed E-state index contributed by atoms with van der Waals surface area (Å²) in [6.07, 6.45) is 0.00252. The largest absolute Gasteiger partial charge is 0.494 e. The molecule has 0 aliphatic heterocycles. The Labute approximate surface area is 152 Å². The van der Waals surface area contributed by atoms with Gasteiger partial charge < -0.3 is 19.9 Å². The van der Waals surface area contributed by atoms with Crippen molar-refractivity contribution in [3.63, 3.8) is 0 Å². The molecule has 0 aliphatic carbocycles. The third kappa shape index (κ3) is 7.03. The molecule has 2 aromatic carbocycles. The van der Waals surface area contributed by atoms with Crippen LogP contribution in [-0.2, 0) is 11.3 Å². The fraction of sp³-hybridized carbons (Fsp3) is 0.316. The molecule has 0 amide bonds. The van der Waals surface area contributed by atoms with Crippen LogP contribution >= 0.6 is 11.6 Å². The minimum absolute atomic E-state index is 0.556. The standard InChI is InChI=1S/C19H22ClNO4/c1-14(19(22)23)25-18-5-2-4-15(12-18)13-21-10-3-11-24-17-8-6-16(20)7-9-17/h2,4-9,12,14,21H,3,10-11,13H2,1H3,(H,22,23). The number of nitrogens with one attached hydrogen (secondary N) is 1. The Kier molecular flexibility index (Phi) is 7.57. The summed E-state index contributed by atoms with van der Waals surface area (Å²) >= 11 is 5.82. The first kappa shape index (κ1) is 19.1. The quantitative estimate of drug-likeness (QED) is 0.629. The van der Waals surface area contributed by atoms with Gasteiger partial charge in [0, 0.05) is 11.6 Å². The molecule has 0 saturated carbocycles. The van der Waals surface area contributed by atoms with E-state index in [1.807, 2.05) is 30.3 Å². The zero-order valence-electron chi connectivity index (χ0n) is 14.1. The summed E-state index contributed by atoms with van der Waals surface area (Å²) in [5, 5.41) is 12.9. The van der Waals surface area contributed by atoms with Gasteiger partial charge in [0.15, 0.2) is 6.10 Å². The molecule has 2 N–H and O–H groups in total. The summed E-state index contributed by atoms with van der Waals surface area (Å²) in [6, 6.07) is 14.7. The van der Waals surface area contributed by atoms with E-state index < -0.39 is 12.1 Å². The Morgan fingerprint density at radius 3 is 2.68 bits per heavy atom. The smallest absolute Gasteiger partial charge is 0.344 e. The molecule has 0 fully saturated rings. The molecule has 0 aliphatic rings. The second-order valence-electron chi connectivity index (χ2n) is 5.58. The number of benzene rings is 2. The highest BCUT2D eigenvalue weighted by atomic mass is 35.5. The van der Waals surface area contributed by atoms with Crippen LogP contribution in [0.1, 0.15) is 18.9 Å². The van der Waals surface area contributed by atoms with E-state index in [4.69, 9.17) is 26.2 Å². The summed E-state index contributed by atoms with van der Waals surface area (Å²) < 4.78 is 11.0. The Balaban J connectivity index is 1.66. The number of aliphatic carboxylic acids is 1. The average molecular weight is 364 g/mol. The molecular weight excluding hydrogens is 342 g/mol. The van der Waals surface area contributed by atoms with Crippen LogP contribution in [0.25, 0.3) is 0 Å². The van der Waals surface area contributed by atoms with Crippen molar-refractivity contribution in [1.29, 1.82) is 0 Å². The van der Waals surface area contributed by atoms with E-state index in [2.05, 4.69) is 5.32 Å². The SMILES string of the molecule is CC(Oc1cccc(CNCCCOc2ccc(Cl)cc2)c1)C(=O)O. The van der Waals surface area contributed by atoms with Crippen LogP contribution < -0.4 is 14.8 Å². The molecule has 0 bridgehead atoms. The Hall–Kier alpha value is -2.24. The van der Waals surface area contributed by atoms with Gasteiger partial charge >= 0.3 is 5.97 Å². The first-order valence-corrected chi connectivity index (χ1v) is 8.50. The number of hydrogen-bond acceptors (Lipinski definition) is 4.